The molecular formula is C13H17ClN2O3. The highest BCUT2D eigenvalue weighted by Crippen LogP contribution is 2.16. The number of amides is 1. The van der Waals surface area contributed by atoms with Crippen molar-refractivity contribution in [2.75, 3.05) is 32.8 Å². The number of hydrogen-bond acceptors (Lipinski definition) is 4. The normalized spacial score (nSPS) is 20.2. The first-order chi connectivity index (χ1) is 9.13. The first kappa shape index (κ1) is 14.1. The summed E-state index contributed by atoms with van der Waals surface area (Å²) in [6.45, 7) is 2.66. The molecule has 1 atom stereocenters. The van der Waals surface area contributed by atoms with E-state index in [1.165, 1.54) is 0 Å². The molecule has 0 spiro atoms. The SMILES string of the molecule is NC(=O)CN1CCOC(COc2ccc(Cl)cc2)C1. The van der Waals surface area contributed by atoms with Gasteiger partial charge in [-0.05, 0) is 24.3 Å². The number of carbonyl (C=O) groups is 1. The van der Waals surface area contributed by atoms with Gasteiger partial charge in [-0.15, -0.1) is 0 Å². The van der Waals surface area contributed by atoms with Crippen molar-refractivity contribution in [2.45, 2.75) is 6.10 Å². The molecule has 1 unspecified atom stereocenters. The molecule has 1 aromatic rings. The number of benzene rings is 1. The monoisotopic (exact) mass is 284 g/mol. The molecule has 0 aliphatic carbocycles. The van der Waals surface area contributed by atoms with Crippen molar-refractivity contribution in [2.24, 2.45) is 5.73 Å². The van der Waals surface area contributed by atoms with E-state index in [1.54, 1.807) is 12.1 Å². The summed E-state index contributed by atoms with van der Waals surface area (Å²) in [6.07, 6.45) is -0.0521. The predicted molar refractivity (Wildman–Crippen MR) is 72.3 cm³/mol. The molecule has 1 aromatic carbocycles. The lowest BCUT2D eigenvalue weighted by Gasteiger charge is -2.31. The van der Waals surface area contributed by atoms with Gasteiger partial charge in [0.1, 0.15) is 18.5 Å². The summed E-state index contributed by atoms with van der Waals surface area (Å²) < 4.78 is 11.2. The summed E-state index contributed by atoms with van der Waals surface area (Å²) in [5, 5.41) is 0.675. The molecule has 1 amide bonds. The Morgan fingerprint density at radius 1 is 1.47 bits per heavy atom. The number of primary amides is 1. The molecule has 0 bridgehead atoms. The van der Waals surface area contributed by atoms with Crippen LogP contribution in [0, 0.1) is 0 Å². The average molecular weight is 285 g/mol. The van der Waals surface area contributed by atoms with Gasteiger partial charge in [0.25, 0.3) is 0 Å². The first-order valence-corrected chi connectivity index (χ1v) is 6.52. The molecule has 6 heteroatoms. The molecule has 1 saturated heterocycles. The number of rotatable bonds is 5. The van der Waals surface area contributed by atoms with Crippen LogP contribution >= 0.6 is 11.6 Å². The summed E-state index contributed by atoms with van der Waals surface area (Å²) in [4.78, 5) is 12.9. The summed E-state index contributed by atoms with van der Waals surface area (Å²) in [7, 11) is 0. The number of morpholine rings is 1. The van der Waals surface area contributed by atoms with Crippen molar-refractivity contribution >= 4 is 17.5 Å². The molecule has 5 nitrogen and oxygen atoms in total. The Morgan fingerprint density at radius 3 is 2.89 bits per heavy atom. The zero-order valence-electron chi connectivity index (χ0n) is 10.5. The number of hydrogen-bond donors (Lipinski definition) is 1. The van der Waals surface area contributed by atoms with Gasteiger partial charge in [0.05, 0.1) is 13.2 Å². The van der Waals surface area contributed by atoms with Crippen molar-refractivity contribution < 1.29 is 14.3 Å². The minimum absolute atomic E-state index is 0.0521. The first-order valence-electron chi connectivity index (χ1n) is 6.14. The highest BCUT2D eigenvalue weighted by Gasteiger charge is 2.21. The Hall–Kier alpha value is -1.30. The zero-order chi connectivity index (χ0) is 13.7. The molecule has 0 saturated carbocycles. The van der Waals surface area contributed by atoms with Gasteiger partial charge < -0.3 is 15.2 Å². The van der Waals surface area contributed by atoms with Crippen LogP contribution in [0.5, 0.6) is 5.75 Å². The van der Waals surface area contributed by atoms with Crippen molar-refractivity contribution in [1.29, 1.82) is 0 Å². The van der Waals surface area contributed by atoms with Gasteiger partial charge in [-0.2, -0.15) is 0 Å². The molecular weight excluding hydrogens is 268 g/mol. The van der Waals surface area contributed by atoms with E-state index in [4.69, 9.17) is 26.8 Å². The van der Waals surface area contributed by atoms with Crippen molar-refractivity contribution in [3.8, 4) is 5.75 Å². The summed E-state index contributed by atoms with van der Waals surface area (Å²) >= 11 is 5.80. The third kappa shape index (κ3) is 4.70. The van der Waals surface area contributed by atoms with Crippen LogP contribution in [0.15, 0.2) is 24.3 Å². The van der Waals surface area contributed by atoms with Crippen molar-refractivity contribution in [1.82, 2.24) is 4.90 Å². The Kier molecular flexibility index (Phi) is 5.01. The molecule has 104 valence electrons. The van der Waals surface area contributed by atoms with E-state index in [9.17, 15) is 4.79 Å². The Labute approximate surface area is 117 Å². The van der Waals surface area contributed by atoms with E-state index in [-0.39, 0.29) is 18.6 Å². The number of ether oxygens (including phenoxy) is 2. The fourth-order valence-corrected chi connectivity index (χ4v) is 2.09. The predicted octanol–water partition coefficient (Wildman–Crippen LogP) is 0.905. The van der Waals surface area contributed by atoms with Crippen LogP contribution in [0.4, 0.5) is 0 Å². The van der Waals surface area contributed by atoms with Gasteiger partial charge in [0, 0.05) is 18.1 Å². The van der Waals surface area contributed by atoms with Gasteiger partial charge in [-0.1, -0.05) is 11.6 Å². The van der Waals surface area contributed by atoms with Gasteiger partial charge >= 0.3 is 0 Å². The van der Waals surface area contributed by atoms with Gasteiger partial charge in [-0.3, -0.25) is 9.69 Å². The van der Waals surface area contributed by atoms with Crippen LogP contribution < -0.4 is 10.5 Å². The Bertz CT molecular complexity index is 424. The number of nitrogens with zero attached hydrogens (tertiary/aromatic N) is 1. The molecule has 1 aliphatic heterocycles. The molecule has 1 aliphatic rings. The topological polar surface area (TPSA) is 64.8 Å². The summed E-state index contributed by atoms with van der Waals surface area (Å²) in [6, 6.07) is 7.18. The average Bonchev–Trinajstić information content (AvgIpc) is 2.38. The van der Waals surface area contributed by atoms with Crippen LogP contribution in [0.25, 0.3) is 0 Å². The van der Waals surface area contributed by atoms with Crippen LogP contribution in [0.1, 0.15) is 0 Å². The smallest absolute Gasteiger partial charge is 0.231 e. The highest BCUT2D eigenvalue weighted by molar-refractivity contribution is 6.30. The van der Waals surface area contributed by atoms with Crippen molar-refractivity contribution in [3.05, 3.63) is 29.3 Å². The van der Waals surface area contributed by atoms with E-state index >= 15 is 0 Å². The van der Waals surface area contributed by atoms with Gasteiger partial charge in [-0.25, -0.2) is 0 Å². The van der Waals surface area contributed by atoms with E-state index in [1.807, 2.05) is 17.0 Å². The quantitative estimate of drug-likeness (QED) is 0.873. The second-order valence-corrected chi connectivity index (χ2v) is 4.90. The molecule has 2 rings (SSSR count). The van der Waals surface area contributed by atoms with E-state index in [2.05, 4.69) is 0 Å². The maximum atomic E-state index is 10.9. The van der Waals surface area contributed by atoms with Gasteiger partial charge in [0.15, 0.2) is 0 Å². The maximum absolute atomic E-state index is 10.9. The third-order valence-electron chi connectivity index (χ3n) is 2.85. The van der Waals surface area contributed by atoms with Crippen LogP contribution in [0.3, 0.4) is 0 Å². The fourth-order valence-electron chi connectivity index (χ4n) is 1.97. The number of nitrogens with two attached hydrogens (primary N) is 1. The lowest BCUT2D eigenvalue weighted by molar-refractivity contribution is -0.121. The summed E-state index contributed by atoms with van der Waals surface area (Å²) in [5.41, 5.74) is 5.18. The minimum atomic E-state index is -0.320. The second-order valence-electron chi connectivity index (χ2n) is 4.46. The van der Waals surface area contributed by atoms with Gasteiger partial charge in [0.2, 0.25) is 5.91 Å². The van der Waals surface area contributed by atoms with Crippen LogP contribution in [-0.4, -0.2) is 49.8 Å². The van der Waals surface area contributed by atoms with E-state index in [0.717, 1.165) is 12.3 Å². The highest BCUT2D eigenvalue weighted by atomic mass is 35.5. The standard InChI is InChI=1S/C13H17ClN2O3/c14-10-1-3-11(4-2-10)19-9-12-7-16(5-6-18-12)8-13(15)17/h1-4,12H,5-9H2,(H2,15,17). The fraction of sp³-hybridized carbons (Fsp3) is 0.462. The van der Waals surface area contributed by atoms with Crippen LogP contribution in [0.2, 0.25) is 5.02 Å². The molecule has 1 fully saturated rings. The third-order valence-corrected chi connectivity index (χ3v) is 3.10. The van der Waals surface area contributed by atoms with E-state index in [0.29, 0.717) is 24.8 Å². The van der Waals surface area contributed by atoms with Crippen LogP contribution in [-0.2, 0) is 9.53 Å². The summed E-state index contributed by atoms with van der Waals surface area (Å²) in [5.74, 6) is 0.430. The molecule has 1 heterocycles. The van der Waals surface area contributed by atoms with Crippen molar-refractivity contribution in [3.63, 3.8) is 0 Å². The molecule has 2 N–H and O–H groups in total. The minimum Gasteiger partial charge on any atom is -0.491 e. The number of halogens is 1. The number of carbonyl (C=O) groups excluding carboxylic acids is 1. The lowest BCUT2D eigenvalue weighted by Crippen LogP contribution is -2.47. The van der Waals surface area contributed by atoms with E-state index < -0.39 is 0 Å². The lowest BCUT2D eigenvalue weighted by atomic mass is 10.3. The zero-order valence-corrected chi connectivity index (χ0v) is 11.3. The molecule has 0 aromatic heterocycles. The molecule has 0 radical (unpaired) electrons. The Balaban J connectivity index is 1.79. The largest absolute Gasteiger partial charge is 0.491 e. The Morgan fingerprint density at radius 2 is 2.21 bits per heavy atom. The maximum Gasteiger partial charge on any atom is 0.231 e. The second kappa shape index (κ2) is 6.75. The molecule has 19 heavy (non-hydrogen) atoms.